The van der Waals surface area contributed by atoms with Gasteiger partial charge in [-0.25, -0.2) is 9.97 Å². The third-order valence-corrected chi connectivity index (χ3v) is 6.87. The van der Waals surface area contributed by atoms with Crippen LogP contribution < -0.4 is 5.32 Å². The molecule has 166 valence electrons. The minimum absolute atomic E-state index is 0.426. The van der Waals surface area contributed by atoms with E-state index in [1.807, 2.05) is 25.6 Å². The maximum Gasteiger partial charge on any atom is 0.143 e. The molecule has 2 N–H and O–H groups in total. The fourth-order valence-electron chi connectivity index (χ4n) is 5.17. The molecule has 9 nitrogen and oxygen atoms in total. The molecular weight excluding hydrogens is 404 g/mol. The smallest absolute Gasteiger partial charge is 0.143 e. The molecule has 1 aliphatic carbocycles. The lowest BCUT2D eigenvalue weighted by molar-refractivity contribution is 0.00791. The van der Waals surface area contributed by atoms with Crippen LogP contribution in [0.25, 0.3) is 33.2 Å². The second-order valence-electron chi connectivity index (χ2n) is 8.89. The van der Waals surface area contributed by atoms with Gasteiger partial charge in [0, 0.05) is 49.4 Å². The van der Waals surface area contributed by atoms with Crippen LogP contribution in [0.1, 0.15) is 25.7 Å². The van der Waals surface area contributed by atoms with E-state index in [1.54, 1.807) is 11.0 Å². The zero-order chi connectivity index (χ0) is 21.5. The van der Waals surface area contributed by atoms with E-state index >= 15 is 0 Å². The van der Waals surface area contributed by atoms with Crippen LogP contribution in [-0.4, -0.2) is 73.0 Å². The molecule has 1 saturated carbocycles. The van der Waals surface area contributed by atoms with Crippen LogP contribution in [-0.2, 0) is 11.8 Å². The van der Waals surface area contributed by atoms with Crippen molar-refractivity contribution in [2.75, 3.05) is 31.6 Å². The number of nitrogens with zero attached hydrogens (tertiary/aromatic N) is 6. The Bertz CT molecular complexity index is 1230. The first-order valence-corrected chi connectivity index (χ1v) is 11.4. The van der Waals surface area contributed by atoms with E-state index in [1.165, 1.54) is 12.8 Å². The van der Waals surface area contributed by atoms with Crippen molar-refractivity contribution in [1.29, 1.82) is 0 Å². The molecule has 0 spiro atoms. The number of hydrogen-bond donors (Lipinski definition) is 2. The van der Waals surface area contributed by atoms with E-state index in [9.17, 15) is 0 Å². The van der Waals surface area contributed by atoms with Gasteiger partial charge in [0.15, 0.2) is 0 Å². The number of aromatic amines is 1. The first-order valence-electron chi connectivity index (χ1n) is 11.4. The quantitative estimate of drug-likeness (QED) is 0.512. The summed E-state index contributed by atoms with van der Waals surface area (Å²) in [7, 11) is 1.91. The van der Waals surface area contributed by atoms with Crippen molar-refractivity contribution in [3.05, 3.63) is 31.0 Å². The van der Waals surface area contributed by atoms with Crippen LogP contribution in [0.3, 0.4) is 0 Å². The van der Waals surface area contributed by atoms with Crippen LogP contribution in [0.2, 0.25) is 0 Å². The van der Waals surface area contributed by atoms with Gasteiger partial charge in [0.05, 0.1) is 42.2 Å². The zero-order valence-electron chi connectivity index (χ0n) is 18.3. The highest BCUT2D eigenvalue weighted by Gasteiger charge is 2.27. The maximum absolute atomic E-state index is 5.52. The first kappa shape index (κ1) is 19.6. The van der Waals surface area contributed by atoms with E-state index in [0.29, 0.717) is 12.1 Å². The average Bonchev–Trinajstić information content (AvgIpc) is 3.43. The normalized spacial score (nSPS) is 22.5. The van der Waals surface area contributed by atoms with Gasteiger partial charge in [-0.3, -0.25) is 14.6 Å². The number of fused-ring (bicyclic) bond motifs is 3. The highest BCUT2D eigenvalue weighted by atomic mass is 16.5. The lowest BCUT2D eigenvalue weighted by Crippen LogP contribution is -2.46. The largest absolute Gasteiger partial charge is 0.379 e. The van der Waals surface area contributed by atoms with E-state index in [4.69, 9.17) is 4.74 Å². The Labute approximate surface area is 186 Å². The standard InChI is InChI=1S/C23H28N8O/c1-30-13-15(11-27-30)19-10-18-20(12-24-19)29-23-21(18)22(25-14-26-23)28-16-2-4-17(5-3-16)31-6-8-32-9-7-31/h10-14,16-17H,2-9H2,1H3,(H2,25,26,28,29)/t16-,17-. The van der Waals surface area contributed by atoms with Crippen molar-refractivity contribution in [3.8, 4) is 11.3 Å². The molecule has 6 rings (SSSR count). The Hall–Kier alpha value is -3.04. The van der Waals surface area contributed by atoms with Crippen molar-refractivity contribution >= 4 is 27.8 Å². The average molecular weight is 433 g/mol. The van der Waals surface area contributed by atoms with Gasteiger partial charge in [0.2, 0.25) is 0 Å². The zero-order valence-corrected chi connectivity index (χ0v) is 18.3. The van der Waals surface area contributed by atoms with Crippen molar-refractivity contribution < 1.29 is 4.74 Å². The summed E-state index contributed by atoms with van der Waals surface area (Å²) < 4.78 is 7.31. The van der Waals surface area contributed by atoms with Crippen LogP contribution in [0.4, 0.5) is 5.82 Å². The summed E-state index contributed by atoms with van der Waals surface area (Å²) in [5, 5.41) is 10.1. The molecule has 2 fully saturated rings. The number of rotatable bonds is 4. The second kappa shape index (κ2) is 8.14. The Morgan fingerprint density at radius 3 is 2.69 bits per heavy atom. The molecule has 9 heteroatoms. The fraction of sp³-hybridized carbons (Fsp3) is 0.478. The highest BCUT2D eigenvalue weighted by Crippen LogP contribution is 2.33. The van der Waals surface area contributed by atoms with Gasteiger partial charge in [-0.15, -0.1) is 0 Å². The highest BCUT2D eigenvalue weighted by molar-refractivity contribution is 6.11. The third-order valence-electron chi connectivity index (χ3n) is 6.87. The molecule has 0 unspecified atom stereocenters. The number of morpholine rings is 1. The third kappa shape index (κ3) is 3.61. The van der Waals surface area contributed by atoms with E-state index in [0.717, 1.165) is 78.2 Å². The van der Waals surface area contributed by atoms with E-state index in [2.05, 4.69) is 41.3 Å². The van der Waals surface area contributed by atoms with Gasteiger partial charge in [-0.1, -0.05) is 0 Å². The number of aryl methyl sites for hydroxylation is 1. The van der Waals surface area contributed by atoms with Gasteiger partial charge < -0.3 is 15.0 Å². The predicted octanol–water partition coefficient (Wildman–Crippen LogP) is 2.96. The van der Waals surface area contributed by atoms with E-state index in [-0.39, 0.29) is 0 Å². The summed E-state index contributed by atoms with van der Waals surface area (Å²) >= 11 is 0. The fourth-order valence-corrected chi connectivity index (χ4v) is 5.17. The lowest BCUT2D eigenvalue weighted by Gasteiger charge is -2.39. The summed E-state index contributed by atoms with van der Waals surface area (Å²) in [6, 6.07) is 3.22. The topological polar surface area (TPSA) is 96.8 Å². The number of nitrogens with one attached hydrogen (secondary N) is 2. The SMILES string of the molecule is Cn1cc(-c2cc3c(cn2)[nH]c2ncnc(N[C@H]4CC[C@H](N5CCOCC5)CC4)c23)cn1. The number of hydrogen-bond acceptors (Lipinski definition) is 7. The van der Waals surface area contributed by atoms with Gasteiger partial charge in [-0.05, 0) is 31.7 Å². The molecule has 32 heavy (non-hydrogen) atoms. The summed E-state index contributed by atoms with van der Waals surface area (Å²) in [4.78, 5) is 19.7. The molecule has 4 aromatic rings. The van der Waals surface area contributed by atoms with Gasteiger partial charge in [0.1, 0.15) is 17.8 Å². The molecule has 0 aromatic carbocycles. The van der Waals surface area contributed by atoms with Crippen molar-refractivity contribution in [1.82, 2.24) is 34.6 Å². The van der Waals surface area contributed by atoms with Crippen molar-refractivity contribution in [2.45, 2.75) is 37.8 Å². The molecule has 1 aliphatic heterocycles. The Balaban J connectivity index is 1.26. The molecular formula is C23H28N8O. The molecule has 0 bridgehead atoms. The molecule has 1 saturated heterocycles. The van der Waals surface area contributed by atoms with E-state index < -0.39 is 0 Å². The summed E-state index contributed by atoms with van der Waals surface area (Å²) in [5.41, 5.74) is 3.70. The van der Waals surface area contributed by atoms with Crippen LogP contribution in [0.15, 0.2) is 31.0 Å². The number of H-pyrrole nitrogens is 1. The van der Waals surface area contributed by atoms with Gasteiger partial charge in [0.25, 0.3) is 0 Å². The minimum atomic E-state index is 0.426. The maximum atomic E-state index is 5.52. The van der Waals surface area contributed by atoms with Crippen LogP contribution in [0.5, 0.6) is 0 Å². The predicted molar refractivity (Wildman–Crippen MR) is 123 cm³/mol. The molecule has 4 aromatic heterocycles. The Kier molecular flexibility index (Phi) is 4.99. The molecule has 5 heterocycles. The van der Waals surface area contributed by atoms with Crippen molar-refractivity contribution in [2.24, 2.45) is 7.05 Å². The summed E-state index contributed by atoms with van der Waals surface area (Å²) in [6.07, 6.45) is 12.1. The molecule has 0 radical (unpaired) electrons. The van der Waals surface area contributed by atoms with Gasteiger partial charge >= 0.3 is 0 Å². The summed E-state index contributed by atoms with van der Waals surface area (Å²) in [5.74, 6) is 0.902. The number of ether oxygens (including phenoxy) is 1. The monoisotopic (exact) mass is 432 g/mol. The minimum Gasteiger partial charge on any atom is -0.379 e. The molecule has 0 amide bonds. The number of anilines is 1. The number of aromatic nitrogens is 6. The molecule has 2 aliphatic rings. The lowest BCUT2D eigenvalue weighted by atomic mass is 9.90. The first-order chi connectivity index (χ1) is 15.7. The Morgan fingerprint density at radius 2 is 1.91 bits per heavy atom. The number of pyridine rings is 1. The van der Waals surface area contributed by atoms with Crippen LogP contribution in [0, 0.1) is 0 Å². The Morgan fingerprint density at radius 1 is 1.06 bits per heavy atom. The molecule has 0 atom stereocenters. The second-order valence-corrected chi connectivity index (χ2v) is 8.89. The van der Waals surface area contributed by atoms with Crippen LogP contribution >= 0.6 is 0 Å². The summed E-state index contributed by atoms with van der Waals surface area (Å²) in [6.45, 7) is 3.87. The van der Waals surface area contributed by atoms with Gasteiger partial charge in [-0.2, -0.15) is 5.10 Å². The van der Waals surface area contributed by atoms with Crippen molar-refractivity contribution in [3.63, 3.8) is 0 Å².